The van der Waals surface area contributed by atoms with Crippen molar-refractivity contribution in [2.45, 2.75) is 32.5 Å². The van der Waals surface area contributed by atoms with Crippen molar-refractivity contribution in [1.29, 1.82) is 0 Å². The third kappa shape index (κ3) is 9.14. The van der Waals surface area contributed by atoms with Crippen LogP contribution in [-0.2, 0) is 4.79 Å². The van der Waals surface area contributed by atoms with Gasteiger partial charge in [-0.05, 0) is 60.0 Å². The molecule has 3 amide bonds. The first-order chi connectivity index (χ1) is 23.1. The fourth-order valence-corrected chi connectivity index (χ4v) is 5.56. The summed E-state index contributed by atoms with van der Waals surface area (Å²) in [6.45, 7) is 3.20. The number of nitrogens with one attached hydrogen (secondary N) is 1. The number of hydrogen-bond acceptors (Lipinski definition) is 8. The fourth-order valence-electron chi connectivity index (χ4n) is 4.46. The van der Waals surface area contributed by atoms with Crippen molar-refractivity contribution in [3.05, 3.63) is 77.6 Å². The lowest BCUT2D eigenvalue weighted by Gasteiger charge is -2.22. The molecule has 2 heterocycles. The number of carbonyl (C=O) groups is 2. The summed E-state index contributed by atoms with van der Waals surface area (Å²) in [6, 6.07) is 12.3. The second-order valence-corrected chi connectivity index (χ2v) is 11.7. The van der Waals surface area contributed by atoms with Crippen LogP contribution in [0.15, 0.2) is 72.0 Å². The molecule has 0 spiro atoms. The molecule has 0 atom stereocenters. The molecule has 0 saturated carbocycles. The van der Waals surface area contributed by atoms with E-state index < -0.39 is 30.4 Å². The summed E-state index contributed by atoms with van der Waals surface area (Å²) in [5, 5.41) is 6.80. The lowest BCUT2D eigenvalue weighted by molar-refractivity contribution is -0.275. The van der Waals surface area contributed by atoms with E-state index in [-0.39, 0.29) is 51.6 Å². The van der Waals surface area contributed by atoms with Gasteiger partial charge in [0.25, 0.3) is 0 Å². The van der Waals surface area contributed by atoms with Gasteiger partial charge in [0.1, 0.15) is 23.6 Å². The highest BCUT2D eigenvalue weighted by Gasteiger charge is 2.35. The van der Waals surface area contributed by atoms with Crippen LogP contribution < -0.4 is 24.4 Å². The van der Waals surface area contributed by atoms with Crippen molar-refractivity contribution in [2.24, 2.45) is 4.99 Å². The minimum Gasteiger partial charge on any atom is -0.472 e. The normalized spacial score (nSPS) is 14.4. The maximum absolute atomic E-state index is 12.9. The van der Waals surface area contributed by atoms with Crippen molar-refractivity contribution in [3.8, 4) is 34.3 Å². The molecule has 258 valence electrons. The van der Waals surface area contributed by atoms with Crippen molar-refractivity contribution in [1.82, 2.24) is 20.1 Å². The Morgan fingerprint density at radius 1 is 1.00 bits per heavy atom. The molecular formula is C30H23ClF6N6O5S. The number of amidine groups is 1. The Kier molecular flexibility index (Phi) is 10.3. The number of amides is 3. The van der Waals surface area contributed by atoms with Gasteiger partial charge in [-0.3, -0.25) is 9.69 Å². The minimum atomic E-state index is -4.95. The standard InChI is InChI=1S/C30H23ClF6N6O5S/c1-16(2)21-9-8-20(48-30(35,36)37)12-23(21)43-25(44)13-49-28(43)40-27(45)39-15-46-24-10-3-17(11-22(24)31)26-38-14-42(41-26)18-4-6-19(7-5-18)47-29(32,33)34/h3-12,14,16H,13,15H2,1-2H3,(H,39,45)/b40-28-. The summed E-state index contributed by atoms with van der Waals surface area (Å²) in [6.07, 6.45) is -8.40. The zero-order valence-corrected chi connectivity index (χ0v) is 26.7. The van der Waals surface area contributed by atoms with Gasteiger partial charge >= 0.3 is 18.8 Å². The molecule has 4 aromatic rings. The van der Waals surface area contributed by atoms with E-state index in [1.54, 1.807) is 19.9 Å². The number of rotatable bonds is 9. The molecular weight excluding hydrogens is 706 g/mol. The van der Waals surface area contributed by atoms with E-state index in [1.807, 2.05) is 0 Å². The zero-order chi connectivity index (χ0) is 35.5. The first-order valence-corrected chi connectivity index (χ1v) is 15.3. The molecule has 1 fully saturated rings. The van der Waals surface area contributed by atoms with Crippen LogP contribution in [0.3, 0.4) is 0 Å². The first-order valence-electron chi connectivity index (χ1n) is 14.0. The summed E-state index contributed by atoms with van der Waals surface area (Å²) < 4.78 is 90.6. The number of nitrogens with zero attached hydrogens (tertiary/aromatic N) is 5. The van der Waals surface area contributed by atoms with Gasteiger partial charge in [0.2, 0.25) is 5.91 Å². The van der Waals surface area contributed by atoms with Gasteiger partial charge in [-0.2, -0.15) is 4.99 Å². The van der Waals surface area contributed by atoms with Crippen LogP contribution in [0.25, 0.3) is 17.1 Å². The highest BCUT2D eigenvalue weighted by molar-refractivity contribution is 8.15. The molecule has 3 aromatic carbocycles. The number of ether oxygens (including phenoxy) is 3. The molecule has 5 rings (SSSR count). The molecule has 0 unspecified atom stereocenters. The minimum absolute atomic E-state index is 0.0477. The van der Waals surface area contributed by atoms with Crippen LogP contribution in [0.1, 0.15) is 25.3 Å². The van der Waals surface area contributed by atoms with E-state index in [4.69, 9.17) is 16.3 Å². The molecule has 0 aliphatic carbocycles. The van der Waals surface area contributed by atoms with Crippen LogP contribution in [0.5, 0.6) is 17.2 Å². The lowest BCUT2D eigenvalue weighted by Crippen LogP contribution is -2.33. The number of halogens is 7. The molecule has 1 aliphatic rings. The summed E-state index contributed by atoms with van der Waals surface area (Å²) in [4.78, 5) is 34.6. The highest BCUT2D eigenvalue weighted by atomic mass is 35.5. The number of carbonyl (C=O) groups excluding carboxylic acids is 2. The number of thioether (sulfide) groups is 1. The van der Waals surface area contributed by atoms with Crippen LogP contribution in [0, 0.1) is 0 Å². The molecule has 0 radical (unpaired) electrons. The van der Waals surface area contributed by atoms with Crippen molar-refractivity contribution >= 4 is 46.2 Å². The number of benzene rings is 3. The summed E-state index contributed by atoms with van der Waals surface area (Å²) in [5.74, 6) is -1.27. The number of aliphatic imine (C=N–C) groups is 1. The number of anilines is 1. The van der Waals surface area contributed by atoms with Gasteiger partial charge in [0.15, 0.2) is 17.7 Å². The molecule has 0 bridgehead atoms. The van der Waals surface area contributed by atoms with E-state index in [0.29, 0.717) is 16.8 Å². The molecule has 1 aromatic heterocycles. The monoisotopic (exact) mass is 728 g/mol. The topological polar surface area (TPSA) is 120 Å². The smallest absolute Gasteiger partial charge is 0.472 e. The number of urea groups is 1. The summed E-state index contributed by atoms with van der Waals surface area (Å²) in [5.41, 5.74) is 1.55. The molecule has 1 N–H and O–H groups in total. The van der Waals surface area contributed by atoms with Crippen molar-refractivity contribution in [2.75, 3.05) is 17.4 Å². The number of hydrogen-bond donors (Lipinski definition) is 1. The lowest BCUT2D eigenvalue weighted by atomic mass is 10.00. The quantitative estimate of drug-likeness (QED) is 0.138. The molecule has 49 heavy (non-hydrogen) atoms. The second kappa shape index (κ2) is 14.3. The molecule has 19 heteroatoms. The predicted molar refractivity (Wildman–Crippen MR) is 167 cm³/mol. The van der Waals surface area contributed by atoms with E-state index >= 15 is 0 Å². The zero-order valence-electron chi connectivity index (χ0n) is 25.2. The second-order valence-electron chi connectivity index (χ2n) is 10.3. The Labute approximate surface area is 282 Å². The molecule has 11 nitrogen and oxygen atoms in total. The van der Waals surface area contributed by atoms with Crippen LogP contribution in [0.2, 0.25) is 5.02 Å². The Bertz CT molecular complexity index is 1880. The van der Waals surface area contributed by atoms with Crippen molar-refractivity contribution < 1.29 is 50.1 Å². The number of alkyl halides is 6. The Morgan fingerprint density at radius 3 is 2.33 bits per heavy atom. The third-order valence-corrected chi connectivity index (χ3v) is 7.75. The first kappa shape index (κ1) is 35.3. The van der Waals surface area contributed by atoms with Gasteiger partial charge in [-0.25, -0.2) is 14.5 Å². The third-order valence-electron chi connectivity index (χ3n) is 6.53. The van der Waals surface area contributed by atoms with E-state index in [2.05, 4.69) is 29.9 Å². The van der Waals surface area contributed by atoms with E-state index in [1.165, 1.54) is 41.3 Å². The van der Waals surface area contributed by atoms with Gasteiger partial charge in [0.05, 0.1) is 22.2 Å². The van der Waals surface area contributed by atoms with E-state index in [9.17, 15) is 35.9 Å². The van der Waals surface area contributed by atoms with Crippen LogP contribution in [-0.4, -0.2) is 57.1 Å². The van der Waals surface area contributed by atoms with Crippen LogP contribution >= 0.6 is 23.4 Å². The SMILES string of the molecule is CC(C)c1ccc(OC(F)(F)F)cc1N1C(=O)CS/C1=N\C(=O)NCOc1ccc(-c2ncn(-c3ccc(OC(F)(F)F)cc3)n2)cc1Cl. The van der Waals surface area contributed by atoms with E-state index in [0.717, 1.165) is 40.9 Å². The number of aromatic nitrogens is 3. The Hall–Kier alpha value is -4.97. The van der Waals surface area contributed by atoms with Gasteiger partial charge in [-0.15, -0.1) is 31.4 Å². The largest absolute Gasteiger partial charge is 0.573 e. The van der Waals surface area contributed by atoms with Gasteiger partial charge in [0, 0.05) is 11.6 Å². The average Bonchev–Trinajstić information content (AvgIpc) is 3.63. The maximum Gasteiger partial charge on any atom is 0.573 e. The van der Waals surface area contributed by atoms with Crippen LogP contribution in [0.4, 0.5) is 36.8 Å². The Morgan fingerprint density at radius 2 is 1.67 bits per heavy atom. The molecule has 1 aliphatic heterocycles. The maximum atomic E-state index is 12.9. The Balaban J connectivity index is 1.22. The average molecular weight is 729 g/mol. The van der Waals surface area contributed by atoms with Gasteiger partial charge in [-0.1, -0.05) is 43.3 Å². The van der Waals surface area contributed by atoms with Gasteiger partial charge < -0.3 is 19.5 Å². The van der Waals surface area contributed by atoms with Crippen molar-refractivity contribution in [3.63, 3.8) is 0 Å². The summed E-state index contributed by atoms with van der Waals surface area (Å²) in [7, 11) is 0. The predicted octanol–water partition coefficient (Wildman–Crippen LogP) is 7.69. The highest BCUT2D eigenvalue weighted by Crippen LogP contribution is 2.37. The molecule has 1 saturated heterocycles. The fraction of sp³-hybridized carbons (Fsp3) is 0.233. The summed E-state index contributed by atoms with van der Waals surface area (Å²) >= 11 is 7.30.